The number of nitrogens with zero attached hydrogens (tertiary/aromatic N) is 3. The molecule has 41 heavy (non-hydrogen) atoms. The van der Waals surface area contributed by atoms with Crippen molar-refractivity contribution in [1.82, 2.24) is 9.66 Å². The number of benzene rings is 4. The Morgan fingerprint density at radius 3 is 2.61 bits per heavy atom. The molecular weight excluding hydrogens is 589 g/mol. The summed E-state index contributed by atoms with van der Waals surface area (Å²) < 4.78 is 33.3. The number of para-hydroxylation sites is 2. The van der Waals surface area contributed by atoms with E-state index in [4.69, 9.17) is 18.9 Å². The molecule has 9 heteroatoms. The van der Waals surface area contributed by atoms with Gasteiger partial charge in [0.15, 0.2) is 17.3 Å². The van der Waals surface area contributed by atoms with Crippen LogP contribution >= 0.6 is 15.9 Å². The quantitative estimate of drug-likeness (QED) is 0.166. The van der Waals surface area contributed by atoms with Crippen LogP contribution in [0.2, 0.25) is 0 Å². The van der Waals surface area contributed by atoms with E-state index in [0.29, 0.717) is 56.0 Å². The predicted octanol–water partition coefficient (Wildman–Crippen LogP) is 7.57. The highest BCUT2D eigenvalue weighted by Crippen LogP contribution is 2.34. The molecule has 0 N–H and O–H groups in total. The van der Waals surface area contributed by atoms with Crippen molar-refractivity contribution in [3.8, 4) is 23.1 Å². The third-order valence-electron chi connectivity index (χ3n) is 6.36. The molecule has 0 aliphatic heterocycles. The SMILES string of the molecule is CCOc1cc(C=Nn2c(-c3cc4ccccc4o3)nc3ccccc3c2=O)c(Br)cc1OCc1cccc(F)c1. The van der Waals surface area contributed by atoms with Crippen LogP contribution in [0.4, 0.5) is 4.39 Å². The Hall–Kier alpha value is -4.76. The molecule has 6 aromatic rings. The van der Waals surface area contributed by atoms with Gasteiger partial charge in [-0.1, -0.05) is 42.5 Å². The van der Waals surface area contributed by atoms with Crippen LogP contribution in [0.5, 0.6) is 11.5 Å². The minimum atomic E-state index is -0.335. The van der Waals surface area contributed by atoms with Gasteiger partial charge in [-0.15, -0.1) is 0 Å². The van der Waals surface area contributed by atoms with E-state index >= 15 is 0 Å². The number of hydrogen-bond acceptors (Lipinski definition) is 6. The van der Waals surface area contributed by atoms with Crippen molar-refractivity contribution in [1.29, 1.82) is 0 Å². The number of aromatic nitrogens is 2. The van der Waals surface area contributed by atoms with Gasteiger partial charge in [-0.25, -0.2) is 9.37 Å². The second kappa shape index (κ2) is 11.4. The molecule has 2 aromatic heterocycles. The molecule has 0 aliphatic rings. The first-order valence-corrected chi connectivity index (χ1v) is 13.7. The normalized spacial score (nSPS) is 11.5. The summed E-state index contributed by atoms with van der Waals surface area (Å²) in [4.78, 5) is 18.3. The summed E-state index contributed by atoms with van der Waals surface area (Å²) in [6.07, 6.45) is 1.55. The number of hydrogen-bond donors (Lipinski definition) is 0. The average Bonchev–Trinajstić information content (AvgIpc) is 3.41. The maximum Gasteiger partial charge on any atom is 0.282 e. The van der Waals surface area contributed by atoms with Crippen LogP contribution in [0.3, 0.4) is 0 Å². The van der Waals surface area contributed by atoms with Crippen molar-refractivity contribution in [3.63, 3.8) is 0 Å². The second-order valence-corrected chi connectivity index (χ2v) is 9.99. The molecule has 0 fully saturated rings. The molecular formula is C32H23BrFN3O4. The maximum absolute atomic E-state index is 13.6. The second-order valence-electron chi connectivity index (χ2n) is 9.13. The Kier molecular flexibility index (Phi) is 7.35. The van der Waals surface area contributed by atoms with E-state index in [1.165, 1.54) is 16.8 Å². The van der Waals surface area contributed by atoms with Crippen molar-refractivity contribution < 1.29 is 18.3 Å². The molecule has 204 valence electrons. The van der Waals surface area contributed by atoms with Gasteiger partial charge in [-0.2, -0.15) is 9.78 Å². The zero-order valence-electron chi connectivity index (χ0n) is 21.9. The Morgan fingerprint density at radius 2 is 1.78 bits per heavy atom. The molecule has 0 aliphatic carbocycles. The number of halogens is 2. The molecule has 0 bridgehead atoms. The van der Waals surface area contributed by atoms with Crippen molar-refractivity contribution >= 4 is 44.0 Å². The molecule has 0 saturated heterocycles. The molecule has 2 heterocycles. The fourth-order valence-electron chi connectivity index (χ4n) is 4.42. The lowest BCUT2D eigenvalue weighted by atomic mass is 10.2. The molecule has 0 saturated carbocycles. The average molecular weight is 612 g/mol. The summed E-state index contributed by atoms with van der Waals surface area (Å²) in [6, 6.07) is 26.3. The van der Waals surface area contributed by atoms with Crippen LogP contribution in [0.1, 0.15) is 18.1 Å². The Morgan fingerprint density at radius 1 is 0.976 bits per heavy atom. The van der Waals surface area contributed by atoms with E-state index in [1.54, 1.807) is 48.7 Å². The highest BCUT2D eigenvalue weighted by Gasteiger charge is 2.17. The van der Waals surface area contributed by atoms with Gasteiger partial charge in [0.1, 0.15) is 18.0 Å². The molecule has 7 nitrogen and oxygen atoms in total. The lowest BCUT2D eigenvalue weighted by molar-refractivity contribution is 0.269. The van der Waals surface area contributed by atoms with Gasteiger partial charge in [0.25, 0.3) is 5.56 Å². The molecule has 0 atom stereocenters. The number of fused-ring (bicyclic) bond motifs is 2. The van der Waals surface area contributed by atoms with Gasteiger partial charge < -0.3 is 13.9 Å². The fourth-order valence-corrected chi connectivity index (χ4v) is 4.85. The Bertz CT molecular complexity index is 1950. The van der Waals surface area contributed by atoms with Crippen LogP contribution in [0.15, 0.2) is 110 Å². The molecule has 0 unspecified atom stereocenters. The molecule has 0 spiro atoms. The summed E-state index contributed by atoms with van der Waals surface area (Å²) in [7, 11) is 0. The van der Waals surface area contributed by atoms with Crippen molar-refractivity contribution in [3.05, 3.63) is 123 Å². The van der Waals surface area contributed by atoms with Gasteiger partial charge in [0.2, 0.25) is 5.82 Å². The smallest absolute Gasteiger partial charge is 0.282 e. The van der Waals surface area contributed by atoms with Crippen molar-refractivity contribution in [2.45, 2.75) is 13.5 Å². The summed E-state index contributed by atoms with van der Waals surface area (Å²) in [5.74, 6) is 1.32. The van der Waals surface area contributed by atoms with Gasteiger partial charge in [0.05, 0.1) is 23.7 Å². The van der Waals surface area contributed by atoms with Gasteiger partial charge >= 0.3 is 0 Å². The monoisotopic (exact) mass is 611 g/mol. The lowest BCUT2D eigenvalue weighted by Gasteiger charge is -2.14. The van der Waals surface area contributed by atoms with E-state index in [2.05, 4.69) is 21.0 Å². The zero-order chi connectivity index (χ0) is 28.3. The van der Waals surface area contributed by atoms with E-state index < -0.39 is 0 Å². The lowest BCUT2D eigenvalue weighted by Crippen LogP contribution is -2.20. The first kappa shape index (κ1) is 26.5. The van der Waals surface area contributed by atoms with Crippen LogP contribution in [0, 0.1) is 5.82 Å². The van der Waals surface area contributed by atoms with Gasteiger partial charge in [0, 0.05) is 15.4 Å². The predicted molar refractivity (Wildman–Crippen MR) is 160 cm³/mol. The van der Waals surface area contributed by atoms with Gasteiger partial charge in [-0.3, -0.25) is 4.79 Å². The number of rotatable bonds is 8. The van der Waals surface area contributed by atoms with E-state index in [-0.39, 0.29) is 23.8 Å². The van der Waals surface area contributed by atoms with Crippen LogP contribution in [-0.2, 0) is 6.61 Å². The third kappa shape index (κ3) is 5.49. The molecule has 0 amide bonds. The minimum Gasteiger partial charge on any atom is -0.490 e. The maximum atomic E-state index is 13.6. The summed E-state index contributed by atoms with van der Waals surface area (Å²) in [5.41, 5.74) is 2.22. The van der Waals surface area contributed by atoms with E-state index in [9.17, 15) is 9.18 Å². The summed E-state index contributed by atoms with van der Waals surface area (Å²) in [6.45, 7) is 2.43. The fraction of sp³-hybridized carbons (Fsp3) is 0.0938. The molecule has 4 aromatic carbocycles. The first-order valence-electron chi connectivity index (χ1n) is 12.9. The standard InChI is InChI=1S/C32H23BrFN3O4/c1-2-39-28-16-22(25(33)17-29(28)40-19-20-8-7-10-23(34)14-20)18-35-37-31(30-15-21-9-3-6-13-27(21)41-30)36-26-12-5-4-11-24(26)32(37)38/h3-18H,2,19H2,1H3. The first-order chi connectivity index (χ1) is 20.0. The highest BCUT2D eigenvalue weighted by molar-refractivity contribution is 9.10. The number of furan rings is 1. The summed E-state index contributed by atoms with van der Waals surface area (Å²) in [5, 5.41) is 5.87. The van der Waals surface area contributed by atoms with Crippen LogP contribution in [0.25, 0.3) is 33.5 Å². The zero-order valence-corrected chi connectivity index (χ0v) is 23.5. The van der Waals surface area contributed by atoms with Crippen molar-refractivity contribution in [2.24, 2.45) is 5.10 Å². The topological polar surface area (TPSA) is 78.9 Å². The van der Waals surface area contributed by atoms with Crippen LogP contribution in [-0.4, -0.2) is 22.5 Å². The van der Waals surface area contributed by atoms with Crippen LogP contribution < -0.4 is 15.0 Å². The van der Waals surface area contributed by atoms with E-state index in [1.807, 2.05) is 43.3 Å². The largest absolute Gasteiger partial charge is 0.490 e. The highest BCUT2D eigenvalue weighted by atomic mass is 79.9. The number of ether oxygens (including phenoxy) is 2. The molecule has 6 rings (SSSR count). The van der Waals surface area contributed by atoms with Crippen molar-refractivity contribution in [2.75, 3.05) is 6.61 Å². The third-order valence-corrected chi connectivity index (χ3v) is 7.05. The molecule has 0 radical (unpaired) electrons. The van der Waals surface area contributed by atoms with E-state index in [0.717, 1.165) is 5.39 Å². The van der Waals surface area contributed by atoms with Gasteiger partial charge in [-0.05, 0) is 76.9 Å². The minimum absolute atomic E-state index is 0.163. The summed E-state index contributed by atoms with van der Waals surface area (Å²) >= 11 is 3.58. The Labute approximate surface area is 242 Å². The Balaban J connectivity index is 1.40.